The highest BCUT2D eigenvalue weighted by atomic mass is 79.9. The summed E-state index contributed by atoms with van der Waals surface area (Å²) in [7, 11) is 0. The van der Waals surface area contributed by atoms with Gasteiger partial charge in [-0.25, -0.2) is 0 Å². The fourth-order valence-electron chi connectivity index (χ4n) is 1.45. The number of nitrogens with zero attached hydrogens (tertiary/aromatic N) is 2. The van der Waals surface area contributed by atoms with Gasteiger partial charge in [0.1, 0.15) is 0 Å². The molecule has 0 atom stereocenters. The fraction of sp³-hybridized carbons (Fsp3) is 0. The maximum Gasteiger partial charge on any atom is 0.271 e. The van der Waals surface area contributed by atoms with Crippen LogP contribution in [0.3, 0.4) is 0 Å². The van der Waals surface area contributed by atoms with Crippen molar-refractivity contribution in [1.82, 2.24) is 0 Å². The Labute approximate surface area is 118 Å². The first-order valence-electron chi connectivity index (χ1n) is 5.45. The van der Waals surface area contributed by atoms with Gasteiger partial charge in [0.15, 0.2) is 0 Å². The van der Waals surface area contributed by atoms with Gasteiger partial charge in [0.05, 0.1) is 16.8 Å². The molecule has 0 aliphatic rings. The van der Waals surface area contributed by atoms with Crippen molar-refractivity contribution in [1.29, 1.82) is 0 Å². The molecule has 0 amide bonds. The highest BCUT2D eigenvalue weighted by molar-refractivity contribution is 9.10. The van der Waals surface area contributed by atoms with Crippen molar-refractivity contribution in [2.75, 3.05) is 5.43 Å². The Hall–Kier alpha value is -2.21. The number of non-ortho nitro benzene ring substituents is 1. The SMILES string of the molecule is O=[N+]([O-])c1cccc(N/N=C\c2ccccc2Br)c1. The number of nitrogens with one attached hydrogen (secondary N) is 1. The number of hydrazone groups is 1. The number of halogens is 1. The van der Waals surface area contributed by atoms with E-state index in [2.05, 4.69) is 26.5 Å². The molecule has 0 fully saturated rings. The molecule has 0 spiro atoms. The molecule has 0 aliphatic carbocycles. The molecule has 2 aromatic carbocycles. The molecule has 0 unspecified atom stereocenters. The predicted octanol–water partition coefficient (Wildman–Crippen LogP) is 3.80. The Balaban J connectivity index is 2.09. The van der Waals surface area contributed by atoms with E-state index in [1.165, 1.54) is 12.1 Å². The summed E-state index contributed by atoms with van der Waals surface area (Å²) in [5.41, 5.74) is 4.27. The molecule has 96 valence electrons. The number of benzene rings is 2. The minimum atomic E-state index is -0.442. The average Bonchev–Trinajstić information content (AvgIpc) is 2.41. The molecule has 0 saturated carbocycles. The van der Waals surface area contributed by atoms with Crippen molar-refractivity contribution in [3.05, 3.63) is 68.7 Å². The molecule has 0 bridgehead atoms. The van der Waals surface area contributed by atoms with Crippen molar-refractivity contribution < 1.29 is 4.92 Å². The molecule has 2 rings (SSSR count). The number of nitro benzene ring substituents is 1. The maximum atomic E-state index is 10.6. The van der Waals surface area contributed by atoms with Gasteiger partial charge in [-0.3, -0.25) is 15.5 Å². The van der Waals surface area contributed by atoms with Crippen LogP contribution in [0.5, 0.6) is 0 Å². The zero-order valence-corrected chi connectivity index (χ0v) is 11.4. The molecule has 19 heavy (non-hydrogen) atoms. The van der Waals surface area contributed by atoms with Crippen molar-refractivity contribution >= 4 is 33.5 Å². The lowest BCUT2D eigenvalue weighted by atomic mass is 10.2. The molecule has 0 aromatic heterocycles. The minimum Gasteiger partial charge on any atom is -0.278 e. The van der Waals surface area contributed by atoms with Gasteiger partial charge in [-0.1, -0.05) is 40.2 Å². The molecule has 0 heterocycles. The van der Waals surface area contributed by atoms with E-state index in [9.17, 15) is 10.1 Å². The van der Waals surface area contributed by atoms with Crippen LogP contribution < -0.4 is 5.43 Å². The molecule has 0 radical (unpaired) electrons. The molecule has 6 heteroatoms. The Morgan fingerprint density at radius 3 is 2.74 bits per heavy atom. The minimum absolute atomic E-state index is 0.0288. The Bertz CT molecular complexity index is 629. The normalized spacial score (nSPS) is 10.6. The number of nitro groups is 1. The highest BCUT2D eigenvalue weighted by Gasteiger charge is 2.04. The van der Waals surface area contributed by atoms with Crippen molar-refractivity contribution in [2.24, 2.45) is 5.10 Å². The first kappa shape index (κ1) is 13.2. The van der Waals surface area contributed by atoms with Gasteiger partial charge in [-0.05, 0) is 12.1 Å². The van der Waals surface area contributed by atoms with Crippen LogP contribution in [0.2, 0.25) is 0 Å². The second-order valence-electron chi connectivity index (χ2n) is 3.70. The average molecular weight is 320 g/mol. The van der Waals surface area contributed by atoms with Crippen molar-refractivity contribution in [3.8, 4) is 0 Å². The van der Waals surface area contributed by atoms with Gasteiger partial charge in [-0.15, -0.1) is 0 Å². The highest BCUT2D eigenvalue weighted by Crippen LogP contribution is 2.17. The molecule has 0 saturated heterocycles. The smallest absolute Gasteiger partial charge is 0.271 e. The number of hydrogen-bond donors (Lipinski definition) is 1. The molecule has 5 nitrogen and oxygen atoms in total. The van der Waals surface area contributed by atoms with Gasteiger partial charge < -0.3 is 0 Å². The van der Waals surface area contributed by atoms with Crippen LogP contribution in [0.25, 0.3) is 0 Å². The predicted molar refractivity (Wildman–Crippen MR) is 78.5 cm³/mol. The van der Waals surface area contributed by atoms with E-state index in [4.69, 9.17) is 0 Å². The zero-order chi connectivity index (χ0) is 13.7. The number of hydrogen-bond acceptors (Lipinski definition) is 4. The van der Waals surface area contributed by atoms with Crippen LogP contribution in [-0.4, -0.2) is 11.1 Å². The summed E-state index contributed by atoms with van der Waals surface area (Å²) in [6.45, 7) is 0. The fourth-order valence-corrected chi connectivity index (χ4v) is 1.83. The van der Waals surface area contributed by atoms with E-state index in [0.29, 0.717) is 5.69 Å². The molecule has 1 N–H and O–H groups in total. The van der Waals surface area contributed by atoms with E-state index in [1.54, 1.807) is 18.3 Å². The second kappa shape index (κ2) is 6.10. The summed E-state index contributed by atoms with van der Waals surface area (Å²) in [5.74, 6) is 0. The summed E-state index contributed by atoms with van der Waals surface area (Å²) in [5, 5.41) is 14.7. The van der Waals surface area contributed by atoms with E-state index in [0.717, 1.165) is 10.0 Å². The van der Waals surface area contributed by atoms with Crippen LogP contribution in [-0.2, 0) is 0 Å². The van der Waals surface area contributed by atoms with Gasteiger partial charge in [0.2, 0.25) is 0 Å². The largest absolute Gasteiger partial charge is 0.278 e. The van der Waals surface area contributed by atoms with Crippen LogP contribution in [0, 0.1) is 10.1 Å². The van der Waals surface area contributed by atoms with Gasteiger partial charge in [0.25, 0.3) is 5.69 Å². The topological polar surface area (TPSA) is 67.5 Å². The third-order valence-electron chi connectivity index (χ3n) is 2.36. The first-order valence-corrected chi connectivity index (χ1v) is 6.24. The lowest BCUT2D eigenvalue weighted by Gasteiger charge is -2.00. The quantitative estimate of drug-likeness (QED) is 0.529. The van der Waals surface area contributed by atoms with Crippen LogP contribution in [0.15, 0.2) is 58.1 Å². The summed E-state index contributed by atoms with van der Waals surface area (Å²) >= 11 is 3.41. The maximum absolute atomic E-state index is 10.6. The monoisotopic (exact) mass is 319 g/mol. The first-order chi connectivity index (χ1) is 9.16. The molecular formula is C13H10BrN3O2. The molecule has 0 aliphatic heterocycles. The Kier molecular flexibility index (Phi) is 4.25. The van der Waals surface area contributed by atoms with E-state index in [1.807, 2.05) is 24.3 Å². The summed E-state index contributed by atoms with van der Waals surface area (Å²) < 4.78 is 0.930. The second-order valence-corrected chi connectivity index (χ2v) is 4.55. The summed E-state index contributed by atoms with van der Waals surface area (Å²) in [4.78, 5) is 10.2. The van der Waals surface area contributed by atoms with Crippen LogP contribution in [0.1, 0.15) is 5.56 Å². The van der Waals surface area contributed by atoms with E-state index < -0.39 is 4.92 Å². The molecule has 2 aromatic rings. The van der Waals surface area contributed by atoms with Crippen LogP contribution >= 0.6 is 15.9 Å². The standard InChI is InChI=1S/C13H10BrN3O2/c14-13-7-2-1-4-10(13)9-15-16-11-5-3-6-12(8-11)17(18)19/h1-9,16H/b15-9-. The third-order valence-corrected chi connectivity index (χ3v) is 3.08. The van der Waals surface area contributed by atoms with E-state index >= 15 is 0 Å². The summed E-state index contributed by atoms with van der Waals surface area (Å²) in [6.07, 6.45) is 1.64. The van der Waals surface area contributed by atoms with Crippen LogP contribution in [0.4, 0.5) is 11.4 Å². The molecular weight excluding hydrogens is 310 g/mol. The van der Waals surface area contributed by atoms with E-state index in [-0.39, 0.29) is 5.69 Å². The number of rotatable bonds is 4. The summed E-state index contributed by atoms with van der Waals surface area (Å²) in [6, 6.07) is 13.8. The van der Waals surface area contributed by atoms with Gasteiger partial charge in [0, 0.05) is 22.2 Å². The van der Waals surface area contributed by atoms with Crippen molar-refractivity contribution in [3.63, 3.8) is 0 Å². The lowest BCUT2D eigenvalue weighted by molar-refractivity contribution is -0.384. The Morgan fingerprint density at radius 2 is 2.00 bits per heavy atom. The van der Waals surface area contributed by atoms with Crippen molar-refractivity contribution in [2.45, 2.75) is 0 Å². The van der Waals surface area contributed by atoms with Gasteiger partial charge in [-0.2, -0.15) is 5.10 Å². The van der Waals surface area contributed by atoms with Gasteiger partial charge >= 0.3 is 0 Å². The number of anilines is 1. The zero-order valence-electron chi connectivity index (χ0n) is 9.79. The third kappa shape index (κ3) is 3.62. The Morgan fingerprint density at radius 1 is 1.21 bits per heavy atom. The lowest BCUT2D eigenvalue weighted by Crippen LogP contribution is -1.93.